The summed E-state index contributed by atoms with van der Waals surface area (Å²) in [6, 6.07) is 0. The molecule has 0 aromatic heterocycles. The van der Waals surface area contributed by atoms with Crippen LogP contribution in [0.2, 0.25) is 0 Å². The van der Waals surface area contributed by atoms with Gasteiger partial charge >= 0.3 is 0 Å². The molecular formula is C5H10O3S2. The van der Waals surface area contributed by atoms with Gasteiger partial charge in [0.05, 0.1) is 5.75 Å². The maximum Gasteiger partial charge on any atom is 0.148 e. The maximum absolute atomic E-state index is 10.5. The first kappa shape index (κ1) is 9.97. The minimum atomic E-state index is -2.84. The highest BCUT2D eigenvalue weighted by Gasteiger charge is 1.99. The van der Waals surface area contributed by atoms with E-state index in [9.17, 15) is 13.2 Å². The van der Waals surface area contributed by atoms with Crippen LogP contribution in [0.3, 0.4) is 0 Å². The van der Waals surface area contributed by atoms with Crippen LogP contribution in [0, 0.1) is 0 Å². The zero-order valence-corrected chi connectivity index (χ0v) is 7.37. The number of carbonyl (C=O) groups excluding carboxylic acids is 1. The molecule has 0 radical (unpaired) electrons. The summed E-state index contributed by atoms with van der Waals surface area (Å²) in [6.45, 7) is 0. The third kappa shape index (κ3) is 7.97. The Morgan fingerprint density at radius 1 is 1.50 bits per heavy atom. The molecule has 0 N–H and O–H groups in total. The van der Waals surface area contributed by atoms with E-state index in [2.05, 4.69) is 0 Å². The van der Waals surface area contributed by atoms with Crippen LogP contribution >= 0.6 is 11.8 Å². The Kier molecular flexibility index (Phi) is 4.72. The summed E-state index contributed by atoms with van der Waals surface area (Å²) >= 11 is 1.33. The molecule has 0 aliphatic carbocycles. The van der Waals surface area contributed by atoms with Gasteiger partial charge in [-0.1, -0.05) is 0 Å². The standard InChI is InChI=1S/C5H10O3S2/c1-10(7,8)5-4-9-3-2-6/h2H,3-5H2,1H3. The number of hydrogen-bond donors (Lipinski definition) is 0. The van der Waals surface area contributed by atoms with Gasteiger partial charge in [0, 0.05) is 17.8 Å². The van der Waals surface area contributed by atoms with Crippen molar-refractivity contribution in [1.29, 1.82) is 0 Å². The van der Waals surface area contributed by atoms with Crippen molar-refractivity contribution < 1.29 is 13.2 Å². The summed E-state index contributed by atoms with van der Waals surface area (Å²) in [5.74, 6) is 1.05. The lowest BCUT2D eigenvalue weighted by molar-refractivity contribution is -0.105. The van der Waals surface area contributed by atoms with Crippen molar-refractivity contribution in [2.75, 3.05) is 23.5 Å². The summed E-state index contributed by atoms with van der Waals surface area (Å²) < 4.78 is 21.0. The van der Waals surface area contributed by atoms with Crippen molar-refractivity contribution in [1.82, 2.24) is 0 Å². The lowest BCUT2D eigenvalue weighted by Gasteiger charge is -1.93. The molecule has 0 spiro atoms. The maximum atomic E-state index is 10.5. The zero-order valence-electron chi connectivity index (χ0n) is 5.74. The van der Waals surface area contributed by atoms with Crippen LogP contribution < -0.4 is 0 Å². The Morgan fingerprint density at radius 3 is 2.50 bits per heavy atom. The molecule has 0 saturated carbocycles. The third-order valence-corrected chi connectivity index (χ3v) is 2.85. The molecule has 0 heterocycles. The van der Waals surface area contributed by atoms with Gasteiger partial charge in [0.15, 0.2) is 0 Å². The molecule has 5 heteroatoms. The lowest BCUT2D eigenvalue weighted by atomic mass is 10.9. The Hall–Kier alpha value is -0.0300. The topological polar surface area (TPSA) is 51.2 Å². The van der Waals surface area contributed by atoms with E-state index in [4.69, 9.17) is 0 Å². The molecule has 0 bridgehead atoms. The monoisotopic (exact) mass is 182 g/mol. The molecule has 0 fully saturated rings. The van der Waals surface area contributed by atoms with Crippen LogP contribution in [0.1, 0.15) is 0 Å². The summed E-state index contributed by atoms with van der Waals surface area (Å²) in [5.41, 5.74) is 0. The Morgan fingerprint density at radius 2 is 2.10 bits per heavy atom. The van der Waals surface area contributed by atoms with E-state index < -0.39 is 9.84 Å². The van der Waals surface area contributed by atoms with Crippen LogP contribution in [-0.4, -0.2) is 38.2 Å². The van der Waals surface area contributed by atoms with Crippen molar-refractivity contribution in [3.63, 3.8) is 0 Å². The highest BCUT2D eigenvalue weighted by molar-refractivity contribution is 8.01. The van der Waals surface area contributed by atoms with Gasteiger partial charge in [0.2, 0.25) is 0 Å². The molecule has 0 saturated heterocycles. The van der Waals surface area contributed by atoms with Crippen molar-refractivity contribution in [2.45, 2.75) is 0 Å². The van der Waals surface area contributed by atoms with Crippen LogP contribution in [0.5, 0.6) is 0 Å². The van der Waals surface area contributed by atoms with Crippen LogP contribution in [-0.2, 0) is 14.6 Å². The number of carbonyl (C=O) groups is 1. The summed E-state index contributed by atoms with van der Waals surface area (Å²) in [5, 5.41) is 0. The van der Waals surface area contributed by atoms with Gasteiger partial charge in [0.1, 0.15) is 16.1 Å². The number of rotatable bonds is 5. The first-order valence-electron chi connectivity index (χ1n) is 2.75. The predicted octanol–water partition coefficient (Wildman–Crippen LogP) is -0.0369. The highest BCUT2D eigenvalue weighted by atomic mass is 32.2. The second-order valence-corrected chi connectivity index (χ2v) is 5.28. The van der Waals surface area contributed by atoms with Gasteiger partial charge in [0.25, 0.3) is 0 Å². The minimum absolute atomic E-state index is 0.158. The van der Waals surface area contributed by atoms with Gasteiger partial charge in [-0.3, -0.25) is 0 Å². The van der Waals surface area contributed by atoms with Gasteiger partial charge in [-0.05, 0) is 0 Å². The Labute approximate surface area is 65.1 Å². The fourth-order valence-corrected chi connectivity index (χ4v) is 2.29. The molecular weight excluding hydrogens is 172 g/mol. The molecule has 3 nitrogen and oxygen atoms in total. The van der Waals surface area contributed by atoms with Crippen LogP contribution in [0.15, 0.2) is 0 Å². The minimum Gasteiger partial charge on any atom is -0.302 e. The first-order chi connectivity index (χ1) is 4.56. The summed E-state index contributed by atoms with van der Waals surface area (Å²) in [7, 11) is -2.84. The molecule has 0 aliphatic rings. The summed E-state index contributed by atoms with van der Waals surface area (Å²) in [6.07, 6.45) is 1.96. The van der Waals surface area contributed by atoms with E-state index in [0.29, 0.717) is 11.5 Å². The first-order valence-corrected chi connectivity index (χ1v) is 5.97. The van der Waals surface area contributed by atoms with E-state index >= 15 is 0 Å². The third-order valence-electron chi connectivity index (χ3n) is 0.784. The average Bonchev–Trinajstić information content (AvgIpc) is 1.78. The molecule has 0 rings (SSSR count). The largest absolute Gasteiger partial charge is 0.302 e. The van der Waals surface area contributed by atoms with Crippen molar-refractivity contribution in [3.05, 3.63) is 0 Å². The molecule has 60 valence electrons. The average molecular weight is 182 g/mol. The van der Waals surface area contributed by atoms with E-state index in [1.54, 1.807) is 0 Å². The number of sulfone groups is 1. The highest BCUT2D eigenvalue weighted by Crippen LogP contribution is 1.98. The second kappa shape index (κ2) is 4.73. The number of aldehydes is 1. The van der Waals surface area contributed by atoms with Crippen LogP contribution in [0.25, 0.3) is 0 Å². The lowest BCUT2D eigenvalue weighted by Crippen LogP contribution is -2.05. The molecule has 10 heavy (non-hydrogen) atoms. The van der Waals surface area contributed by atoms with Crippen molar-refractivity contribution in [2.24, 2.45) is 0 Å². The van der Waals surface area contributed by atoms with Crippen LogP contribution in [0.4, 0.5) is 0 Å². The molecule has 0 aromatic carbocycles. The number of hydrogen-bond acceptors (Lipinski definition) is 4. The fourth-order valence-electron chi connectivity index (χ4n) is 0.342. The zero-order chi connectivity index (χ0) is 8.04. The van der Waals surface area contributed by atoms with E-state index in [-0.39, 0.29) is 5.75 Å². The Balaban J connectivity index is 3.29. The normalized spacial score (nSPS) is 11.3. The molecule has 0 unspecified atom stereocenters. The number of thioether (sulfide) groups is 1. The van der Waals surface area contributed by atoms with Gasteiger partial charge in [-0.15, -0.1) is 0 Å². The molecule has 0 atom stereocenters. The quantitative estimate of drug-likeness (QED) is 0.442. The predicted molar refractivity (Wildman–Crippen MR) is 43.1 cm³/mol. The Bertz CT molecular complexity index is 183. The molecule has 0 aliphatic heterocycles. The van der Waals surface area contributed by atoms with E-state index in [1.807, 2.05) is 0 Å². The second-order valence-electron chi connectivity index (χ2n) is 1.87. The van der Waals surface area contributed by atoms with Crippen molar-refractivity contribution >= 4 is 27.9 Å². The molecule has 0 aromatic rings. The van der Waals surface area contributed by atoms with Gasteiger partial charge in [-0.2, -0.15) is 11.8 Å². The molecule has 0 amide bonds. The summed E-state index contributed by atoms with van der Waals surface area (Å²) in [4.78, 5) is 9.76. The SMILES string of the molecule is CS(=O)(=O)CCSCC=O. The van der Waals surface area contributed by atoms with E-state index in [1.165, 1.54) is 18.0 Å². The van der Waals surface area contributed by atoms with E-state index in [0.717, 1.165) is 6.29 Å². The van der Waals surface area contributed by atoms with Crippen molar-refractivity contribution in [3.8, 4) is 0 Å². The van der Waals surface area contributed by atoms with Gasteiger partial charge < -0.3 is 4.79 Å². The van der Waals surface area contributed by atoms with Gasteiger partial charge in [-0.25, -0.2) is 8.42 Å². The smallest absolute Gasteiger partial charge is 0.148 e. The fraction of sp³-hybridized carbons (Fsp3) is 0.800.